The van der Waals surface area contributed by atoms with Crippen LogP contribution in [0.5, 0.6) is 0 Å². The summed E-state index contributed by atoms with van der Waals surface area (Å²) in [5.74, 6) is 1.47. The standard InChI is InChI=1S/C12H24N2S/c1-8(2)6-10(5)14-12-13-7-11(15-12)9(3)4/h8-11H,6-7H2,1-5H3,(H,13,14). The van der Waals surface area contributed by atoms with Crippen LogP contribution < -0.4 is 5.32 Å². The van der Waals surface area contributed by atoms with E-state index in [1.165, 1.54) is 6.42 Å². The molecule has 15 heavy (non-hydrogen) atoms. The third kappa shape index (κ3) is 4.45. The molecule has 1 aliphatic rings. The molecule has 0 aromatic carbocycles. The van der Waals surface area contributed by atoms with Crippen molar-refractivity contribution in [1.29, 1.82) is 0 Å². The molecular weight excluding hydrogens is 204 g/mol. The number of hydrogen-bond acceptors (Lipinski definition) is 3. The summed E-state index contributed by atoms with van der Waals surface area (Å²) in [4.78, 5) is 4.55. The van der Waals surface area contributed by atoms with Crippen LogP contribution in [0.4, 0.5) is 0 Å². The Morgan fingerprint density at radius 2 is 2.00 bits per heavy atom. The molecule has 3 heteroatoms. The first-order chi connectivity index (χ1) is 6.99. The molecule has 1 heterocycles. The molecule has 0 radical (unpaired) electrons. The molecule has 2 nitrogen and oxygen atoms in total. The fourth-order valence-electron chi connectivity index (χ4n) is 1.79. The Labute approximate surface area is 98.3 Å². The number of thioether (sulfide) groups is 1. The third-order valence-corrected chi connectivity index (χ3v) is 4.08. The number of nitrogens with zero attached hydrogens (tertiary/aromatic N) is 1. The number of nitrogens with one attached hydrogen (secondary N) is 1. The Morgan fingerprint density at radius 3 is 2.47 bits per heavy atom. The van der Waals surface area contributed by atoms with Gasteiger partial charge in [0.15, 0.2) is 5.17 Å². The number of amidine groups is 1. The van der Waals surface area contributed by atoms with Gasteiger partial charge in [-0.2, -0.15) is 0 Å². The lowest BCUT2D eigenvalue weighted by Gasteiger charge is -2.17. The van der Waals surface area contributed by atoms with E-state index in [1.54, 1.807) is 0 Å². The fraction of sp³-hybridized carbons (Fsp3) is 0.917. The number of hydrogen-bond donors (Lipinski definition) is 1. The van der Waals surface area contributed by atoms with Gasteiger partial charge in [-0.1, -0.05) is 39.5 Å². The summed E-state index contributed by atoms with van der Waals surface area (Å²) in [6.07, 6.45) is 1.21. The monoisotopic (exact) mass is 228 g/mol. The minimum atomic E-state index is 0.544. The van der Waals surface area contributed by atoms with Gasteiger partial charge < -0.3 is 5.32 Å². The lowest BCUT2D eigenvalue weighted by molar-refractivity contribution is 0.492. The lowest BCUT2D eigenvalue weighted by Crippen LogP contribution is -2.31. The quantitative estimate of drug-likeness (QED) is 0.799. The largest absolute Gasteiger partial charge is 0.362 e. The predicted octanol–water partition coefficient (Wildman–Crippen LogP) is 3.14. The van der Waals surface area contributed by atoms with E-state index in [4.69, 9.17) is 0 Å². The van der Waals surface area contributed by atoms with Crippen LogP contribution in [0.3, 0.4) is 0 Å². The average Bonchev–Trinajstić information content (AvgIpc) is 2.50. The second-order valence-electron chi connectivity index (χ2n) is 5.22. The molecule has 0 spiro atoms. The Bertz CT molecular complexity index is 224. The summed E-state index contributed by atoms with van der Waals surface area (Å²) >= 11 is 1.91. The number of rotatable bonds is 4. The molecule has 1 aliphatic heterocycles. The molecular formula is C12H24N2S. The predicted molar refractivity (Wildman–Crippen MR) is 70.6 cm³/mol. The molecule has 0 fully saturated rings. The molecule has 1 N–H and O–H groups in total. The second-order valence-corrected chi connectivity index (χ2v) is 6.45. The van der Waals surface area contributed by atoms with Crippen molar-refractivity contribution in [2.24, 2.45) is 16.8 Å². The van der Waals surface area contributed by atoms with E-state index in [9.17, 15) is 0 Å². The van der Waals surface area contributed by atoms with Gasteiger partial charge in [0.05, 0.1) is 6.54 Å². The van der Waals surface area contributed by atoms with Crippen LogP contribution in [0, 0.1) is 11.8 Å². The van der Waals surface area contributed by atoms with Crippen LogP contribution in [0.1, 0.15) is 41.0 Å². The Balaban J connectivity index is 2.29. The van der Waals surface area contributed by atoms with E-state index >= 15 is 0 Å². The van der Waals surface area contributed by atoms with Crippen molar-refractivity contribution in [3.05, 3.63) is 0 Å². The normalized spacial score (nSPS) is 23.4. The molecule has 0 aromatic rings. The van der Waals surface area contributed by atoms with Gasteiger partial charge in [-0.05, 0) is 25.2 Å². The maximum atomic E-state index is 4.55. The maximum Gasteiger partial charge on any atom is 0.157 e. The van der Waals surface area contributed by atoms with Crippen molar-refractivity contribution in [2.75, 3.05) is 6.54 Å². The van der Waals surface area contributed by atoms with Crippen molar-refractivity contribution < 1.29 is 0 Å². The van der Waals surface area contributed by atoms with Gasteiger partial charge in [0, 0.05) is 11.3 Å². The Morgan fingerprint density at radius 1 is 1.33 bits per heavy atom. The molecule has 2 unspecified atom stereocenters. The van der Waals surface area contributed by atoms with Crippen LogP contribution in [0.15, 0.2) is 4.99 Å². The first-order valence-electron chi connectivity index (χ1n) is 5.96. The third-order valence-electron chi connectivity index (χ3n) is 2.62. The molecule has 0 saturated heterocycles. The van der Waals surface area contributed by atoms with Gasteiger partial charge in [-0.3, -0.25) is 4.99 Å². The van der Waals surface area contributed by atoms with Crippen LogP contribution in [0.2, 0.25) is 0 Å². The van der Waals surface area contributed by atoms with E-state index in [0.29, 0.717) is 11.3 Å². The SMILES string of the molecule is CC(C)CC(C)NC1=NCC(C(C)C)S1. The summed E-state index contributed by atoms with van der Waals surface area (Å²) in [6.45, 7) is 12.3. The van der Waals surface area contributed by atoms with Gasteiger partial charge >= 0.3 is 0 Å². The smallest absolute Gasteiger partial charge is 0.157 e. The molecule has 0 aliphatic carbocycles. The van der Waals surface area contributed by atoms with Crippen molar-refractivity contribution in [3.8, 4) is 0 Å². The Kier molecular flexibility index (Phi) is 4.97. The van der Waals surface area contributed by atoms with E-state index in [0.717, 1.165) is 23.5 Å². The zero-order valence-electron chi connectivity index (χ0n) is 10.6. The van der Waals surface area contributed by atoms with Gasteiger partial charge in [0.1, 0.15) is 0 Å². The van der Waals surface area contributed by atoms with Crippen molar-refractivity contribution in [1.82, 2.24) is 5.32 Å². The molecule has 0 amide bonds. The highest BCUT2D eigenvalue weighted by atomic mass is 32.2. The first kappa shape index (κ1) is 12.9. The van der Waals surface area contributed by atoms with Crippen LogP contribution in [-0.4, -0.2) is 23.0 Å². The first-order valence-corrected chi connectivity index (χ1v) is 6.84. The van der Waals surface area contributed by atoms with Gasteiger partial charge in [0.25, 0.3) is 0 Å². The van der Waals surface area contributed by atoms with Gasteiger partial charge in [0.2, 0.25) is 0 Å². The highest BCUT2D eigenvalue weighted by Crippen LogP contribution is 2.26. The van der Waals surface area contributed by atoms with E-state index in [2.05, 4.69) is 44.9 Å². The zero-order chi connectivity index (χ0) is 11.4. The highest BCUT2D eigenvalue weighted by molar-refractivity contribution is 8.14. The van der Waals surface area contributed by atoms with E-state index in [1.807, 2.05) is 11.8 Å². The van der Waals surface area contributed by atoms with E-state index in [-0.39, 0.29) is 0 Å². The molecule has 0 saturated carbocycles. The number of aliphatic imine (C=N–C) groups is 1. The summed E-state index contributed by atoms with van der Waals surface area (Å²) in [7, 11) is 0. The fourth-order valence-corrected chi connectivity index (χ4v) is 2.92. The summed E-state index contributed by atoms with van der Waals surface area (Å²) in [6, 6.07) is 0.544. The van der Waals surface area contributed by atoms with Crippen LogP contribution >= 0.6 is 11.8 Å². The molecule has 1 rings (SSSR count). The summed E-state index contributed by atoms with van der Waals surface area (Å²) < 4.78 is 0. The van der Waals surface area contributed by atoms with Crippen molar-refractivity contribution >= 4 is 16.9 Å². The molecule has 88 valence electrons. The minimum Gasteiger partial charge on any atom is -0.362 e. The topological polar surface area (TPSA) is 24.4 Å². The second kappa shape index (κ2) is 5.78. The summed E-state index contributed by atoms with van der Waals surface area (Å²) in [5.41, 5.74) is 0. The van der Waals surface area contributed by atoms with Crippen LogP contribution in [0.25, 0.3) is 0 Å². The van der Waals surface area contributed by atoms with Crippen molar-refractivity contribution in [2.45, 2.75) is 52.3 Å². The Hall–Kier alpha value is -0.180. The molecule has 0 aromatic heterocycles. The lowest BCUT2D eigenvalue weighted by atomic mass is 10.1. The maximum absolute atomic E-state index is 4.55. The van der Waals surface area contributed by atoms with Crippen LogP contribution in [-0.2, 0) is 0 Å². The molecule has 2 atom stereocenters. The van der Waals surface area contributed by atoms with Crippen molar-refractivity contribution in [3.63, 3.8) is 0 Å². The van der Waals surface area contributed by atoms with Gasteiger partial charge in [-0.25, -0.2) is 0 Å². The van der Waals surface area contributed by atoms with E-state index < -0.39 is 0 Å². The van der Waals surface area contributed by atoms with Gasteiger partial charge in [-0.15, -0.1) is 0 Å². The summed E-state index contributed by atoms with van der Waals surface area (Å²) in [5, 5.41) is 5.34. The minimum absolute atomic E-state index is 0.544. The molecule has 0 bridgehead atoms. The zero-order valence-corrected chi connectivity index (χ0v) is 11.4. The highest BCUT2D eigenvalue weighted by Gasteiger charge is 2.23. The average molecular weight is 228 g/mol.